The summed E-state index contributed by atoms with van der Waals surface area (Å²) < 4.78 is 0. The van der Waals surface area contributed by atoms with Crippen molar-refractivity contribution < 1.29 is 5.11 Å². The maximum atomic E-state index is 9.96. The lowest BCUT2D eigenvalue weighted by Gasteiger charge is -2.27. The summed E-state index contributed by atoms with van der Waals surface area (Å²) in [6, 6.07) is 16.0. The Morgan fingerprint density at radius 2 is 1.47 bits per heavy atom. The summed E-state index contributed by atoms with van der Waals surface area (Å²) in [4.78, 5) is 0. The van der Waals surface area contributed by atoms with Crippen LogP contribution in [0.25, 0.3) is 0 Å². The van der Waals surface area contributed by atoms with Crippen LogP contribution < -0.4 is 0 Å². The highest BCUT2D eigenvalue weighted by molar-refractivity contribution is 5.45. The molecule has 0 aromatic heterocycles. The van der Waals surface area contributed by atoms with Crippen LogP contribution in [0.5, 0.6) is 5.75 Å². The van der Waals surface area contributed by atoms with Gasteiger partial charge in [-0.05, 0) is 18.6 Å². The molecule has 0 saturated carbocycles. The summed E-state index contributed by atoms with van der Waals surface area (Å²) in [6.07, 6.45) is 0. The van der Waals surface area contributed by atoms with Gasteiger partial charge in [0, 0.05) is 11.0 Å². The van der Waals surface area contributed by atoms with Crippen LogP contribution >= 0.6 is 0 Å². The second kappa shape index (κ2) is 4.25. The molecule has 17 heavy (non-hydrogen) atoms. The number of hydrogen-bond donors (Lipinski definition) is 1. The molecule has 1 N–H and O–H groups in total. The van der Waals surface area contributed by atoms with Crippen molar-refractivity contribution in [3.63, 3.8) is 0 Å². The Kier molecular flexibility index (Phi) is 2.93. The van der Waals surface area contributed by atoms with E-state index < -0.39 is 0 Å². The van der Waals surface area contributed by atoms with E-state index in [-0.39, 0.29) is 5.41 Å². The van der Waals surface area contributed by atoms with Crippen molar-refractivity contribution in [2.75, 3.05) is 0 Å². The van der Waals surface area contributed by atoms with Gasteiger partial charge >= 0.3 is 0 Å². The van der Waals surface area contributed by atoms with E-state index in [4.69, 9.17) is 0 Å². The summed E-state index contributed by atoms with van der Waals surface area (Å²) in [7, 11) is 0. The SMILES string of the molecule is Cc1ccc(C(C)(C)c2ccccc2O)cc1. The summed E-state index contributed by atoms with van der Waals surface area (Å²) in [5, 5.41) is 9.96. The van der Waals surface area contributed by atoms with Gasteiger partial charge in [0.05, 0.1) is 0 Å². The minimum absolute atomic E-state index is 0.182. The van der Waals surface area contributed by atoms with E-state index in [9.17, 15) is 5.11 Å². The fourth-order valence-corrected chi connectivity index (χ4v) is 2.13. The van der Waals surface area contributed by atoms with Gasteiger partial charge in [-0.3, -0.25) is 0 Å². The molecule has 0 amide bonds. The summed E-state index contributed by atoms with van der Waals surface area (Å²) in [6.45, 7) is 6.34. The molecule has 2 aromatic rings. The highest BCUT2D eigenvalue weighted by Gasteiger charge is 2.25. The van der Waals surface area contributed by atoms with Crippen LogP contribution in [0.15, 0.2) is 48.5 Å². The lowest BCUT2D eigenvalue weighted by atomic mass is 9.77. The third kappa shape index (κ3) is 2.19. The third-order valence-corrected chi connectivity index (χ3v) is 3.35. The molecule has 0 heterocycles. The topological polar surface area (TPSA) is 20.2 Å². The van der Waals surface area contributed by atoms with Crippen molar-refractivity contribution in [1.29, 1.82) is 0 Å². The van der Waals surface area contributed by atoms with E-state index in [1.165, 1.54) is 11.1 Å². The van der Waals surface area contributed by atoms with Crippen molar-refractivity contribution >= 4 is 0 Å². The van der Waals surface area contributed by atoms with Crippen molar-refractivity contribution in [1.82, 2.24) is 0 Å². The number of aromatic hydroxyl groups is 1. The lowest BCUT2D eigenvalue weighted by molar-refractivity contribution is 0.453. The smallest absolute Gasteiger partial charge is 0.119 e. The van der Waals surface area contributed by atoms with Crippen LogP contribution in [0.3, 0.4) is 0 Å². The molecule has 2 aromatic carbocycles. The maximum Gasteiger partial charge on any atom is 0.119 e. The normalized spacial score (nSPS) is 11.5. The predicted molar refractivity (Wildman–Crippen MR) is 71.4 cm³/mol. The Balaban J connectivity index is 2.49. The first-order chi connectivity index (χ1) is 8.01. The predicted octanol–water partition coefficient (Wildman–Crippen LogP) is 4.03. The molecule has 0 bridgehead atoms. The second-order valence-electron chi connectivity index (χ2n) is 5.01. The van der Waals surface area contributed by atoms with Crippen molar-refractivity contribution in [3.8, 4) is 5.75 Å². The molecule has 0 aliphatic heterocycles. The molecular formula is C16H18O. The average Bonchev–Trinajstić information content (AvgIpc) is 2.30. The van der Waals surface area contributed by atoms with E-state index in [0.717, 1.165) is 5.56 Å². The van der Waals surface area contributed by atoms with E-state index in [2.05, 4.69) is 45.0 Å². The summed E-state index contributed by atoms with van der Waals surface area (Å²) >= 11 is 0. The first-order valence-corrected chi connectivity index (χ1v) is 5.87. The zero-order valence-corrected chi connectivity index (χ0v) is 10.6. The van der Waals surface area contributed by atoms with Crippen LogP contribution in [-0.4, -0.2) is 5.11 Å². The number of rotatable bonds is 2. The van der Waals surface area contributed by atoms with Crippen LogP contribution in [0, 0.1) is 6.92 Å². The zero-order chi connectivity index (χ0) is 12.5. The average molecular weight is 226 g/mol. The Bertz CT molecular complexity index is 509. The third-order valence-electron chi connectivity index (χ3n) is 3.35. The molecular weight excluding hydrogens is 208 g/mol. The molecule has 0 aliphatic carbocycles. The Hall–Kier alpha value is -1.76. The van der Waals surface area contributed by atoms with Gasteiger partial charge in [-0.2, -0.15) is 0 Å². The maximum absolute atomic E-state index is 9.96. The number of aryl methyl sites for hydroxylation is 1. The van der Waals surface area contributed by atoms with Gasteiger partial charge in [0.25, 0.3) is 0 Å². The van der Waals surface area contributed by atoms with Crippen LogP contribution in [0.4, 0.5) is 0 Å². The van der Waals surface area contributed by atoms with E-state index in [1.807, 2.05) is 18.2 Å². The molecule has 0 fully saturated rings. The largest absolute Gasteiger partial charge is 0.508 e. The van der Waals surface area contributed by atoms with Gasteiger partial charge in [0.15, 0.2) is 0 Å². The second-order valence-corrected chi connectivity index (χ2v) is 5.01. The molecule has 0 atom stereocenters. The molecule has 0 radical (unpaired) electrons. The standard InChI is InChI=1S/C16H18O/c1-12-8-10-13(11-9-12)16(2,3)14-6-4-5-7-15(14)17/h4-11,17H,1-3H3. The van der Waals surface area contributed by atoms with Crippen molar-refractivity contribution in [2.24, 2.45) is 0 Å². The molecule has 1 heteroatoms. The van der Waals surface area contributed by atoms with Crippen LogP contribution in [0.2, 0.25) is 0 Å². The van der Waals surface area contributed by atoms with E-state index in [0.29, 0.717) is 5.75 Å². The fraction of sp³-hybridized carbons (Fsp3) is 0.250. The van der Waals surface area contributed by atoms with Gasteiger partial charge < -0.3 is 5.11 Å². The molecule has 2 rings (SSSR count). The van der Waals surface area contributed by atoms with Gasteiger partial charge in [-0.25, -0.2) is 0 Å². The molecule has 88 valence electrons. The minimum atomic E-state index is -0.182. The number of para-hydroxylation sites is 1. The zero-order valence-electron chi connectivity index (χ0n) is 10.6. The number of benzene rings is 2. The monoisotopic (exact) mass is 226 g/mol. The quantitative estimate of drug-likeness (QED) is 0.819. The first kappa shape index (κ1) is 11.7. The number of phenols is 1. The van der Waals surface area contributed by atoms with Gasteiger partial charge in [0.2, 0.25) is 0 Å². The van der Waals surface area contributed by atoms with Gasteiger partial charge in [-0.1, -0.05) is 61.9 Å². The summed E-state index contributed by atoms with van der Waals surface area (Å²) in [5.41, 5.74) is 3.24. The highest BCUT2D eigenvalue weighted by Crippen LogP contribution is 2.36. The molecule has 0 unspecified atom stereocenters. The Morgan fingerprint density at radius 1 is 0.882 bits per heavy atom. The molecule has 0 saturated heterocycles. The summed E-state index contributed by atoms with van der Waals surface area (Å²) in [5.74, 6) is 0.359. The first-order valence-electron chi connectivity index (χ1n) is 5.87. The Labute approximate surface area is 103 Å². The van der Waals surface area contributed by atoms with Gasteiger partial charge in [-0.15, -0.1) is 0 Å². The number of phenolic OH excluding ortho intramolecular Hbond substituents is 1. The highest BCUT2D eigenvalue weighted by atomic mass is 16.3. The van der Waals surface area contributed by atoms with Crippen LogP contribution in [-0.2, 0) is 5.41 Å². The van der Waals surface area contributed by atoms with Crippen molar-refractivity contribution in [2.45, 2.75) is 26.2 Å². The number of hydrogen-bond acceptors (Lipinski definition) is 1. The molecule has 1 nitrogen and oxygen atoms in total. The fourth-order valence-electron chi connectivity index (χ4n) is 2.13. The molecule has 0 spiro atoms. The minimum Gasteiger partial charge on any atom is -0.508 e. The molecule has 0 aliphatic rings. The van der Waals surface area contributed by atoms with Gasteiger partial charge in [0.1, 0.15) is 5.75 Å². The van der Waals surface area contributed by atoms with E-state index >= 15 is 0 Å². The van der Waals surface area contributed by atoms with E-state index in [1.54, 1.807) is 6.07 Å². The Morgan fingerprint density at radius 3 is 2.06 bits per heavy atom. The van der Waals surface area contributed by atoms with Crippen molar-refractivity contribution in [3.05, 3.63) is 65.2 Å². The van der Waals surface area contributed by atoms with Crippen LogP contribution in [0.1, 0.15) is 30.5 Å². The lowest BCUT2D eigenvalue weighted by Crippen LogP contribution is -2.18.